The minimum atomic E-state index is -4.24. The zero-order chi connectivity index (χ0) is 20.9. The smallest absolute Gasteiger partial charge is 0.401 e. The molecule has 1 aromatic carbocycles. The van der Waals surface area contributed by atoms with Crippen molar-refractivity contribution in [3.63, 3.8) is 0 Å². The molecule has 1 heterocycles. The van der Waals surface area contributed by atoms with Crippen LogP contribution in [0.4, 0.5) is 18.0 Å². The Morgan fingerprint density at radius 3 is 2.32 bits per heavy atom. The Morgan fingerprint density at radius 2 is 1.82 bits per heavy atom. The van der Waals surface area contributed by atoms with Crippen molar-refractivity contribution in [1.29, 1.82) is 0 Å². The van der Waals surface area contributed by atoms with E-state index in [1.807, 2.05) is 0 Å². The molecule has 0 spiro atoms. The van der Waals surface area contributed by atoms with E-state index in [4.69, 9.17) is 14.2 Å². The highest BCUT2D eigenvalue weighted by Gasteiger charge is 2.34. The van der Waals surface area contributed by atoms with Crippen molar-refractivity contribution in [3.8, 4) is 17.2 Å². The fraction of sp³-hybridized carbons (Fsp3) is 0.611. The number of alkyl halides is 3. The van der Waals surface area contributed by atoms with E-state index < -0.39 is 18.8 Å². The maximum atomic E-state index is 12.5. The monoisotopic (exact) mass is 405 g/mol. The van der Waals surface area contributed by atoms with Crippen molar-refractivity contribution in [3.05, 3.63) is 17.7 Å². The molecule has 0 bridgehead atoms. The standard InChI is InChI=1S/C18H26F3N3O4/c1-11(12-7-14(26-2)16(28-4)15(8-12)27-3)22-17(25)23-13-5-6-24(9-13)10-18(19,20)21/h7-8,11,13H,5-6,9-10H2,1-4H3,(H2,22,23,25). The Bertz CT molecular complexity index is 660. The van der Waals surface area contributed by atoms with E-state index in [0.29, 0.717) is 30.2 Å². The van der Waals surface area contributed by atoms with Gasteiger partial charge in [0.15, 0.2) is 11.5 Å². The fourth-order valence-corrected chi connectivity index (χ4v) is 3.21. The summed E-state index contributed by atoms with van der Waals surface area (Å²) in [5, 5.41) is 5.51. The van der Waals surface area contributed by atoms with Crippen molar-refractivity contribution in [2.24, 2.45) is 0 Å². The molecular weight excluding hydrogens is 379 g/mol. The molecule has 28 heavy (non-hydrogen) atoms. The predicted molar refractivity (Wildman–Crippen MR) is 97.1 cm³/mol. The number of ether oxygens (including phenoxy) is 3. The molecule has 0 saturated carbocycles. The van der Waals surface area contributed by atoms with Crippen LogP contribution < -0.4 is 24.8 Å². The summed E-state index contributed by atoms with van der Waals surface area (Å²) >= 11 is 0. The van der Waals surface area contributed by atoms with E-state index in [2.05, 4.69) is 10.6 Å². The van der Waals surface area contributed by atoms with Crippen LogP contribution in [0.15, 0.2) is 12.1 Å². The molecule has 1 aromatic rings. The van der Waals surface area contributed by atoms with E-state index in [1.54, 1.807) is 19.1 Å². The zero-order valence-electron chi connectivity index (χ0n) is 16.4. The second kappa shape index (κ2) is 9.22. The average Bonchev–Trinajstić information content (AvgIpc) is 3.04. The van der Waals surface area contributed by atoms with Crippen LogP contribution in [0.25, 0.3) is 0 Å². The van der Waals surface area contributed by atoms with E-state index >= 15 is 0 Å². The van der Waals surface area contributed by atoms with Crippen molar-refractivity contribution < 1.29 is 32.2 Å². The number of carbonyl (C=O) groups excluding carboxylic acids is 1. The van der Waals surface area contributed by atoms with Gasteiger partial charge in [-0.3, -0.25) is 4.90 Å². The molecule has 2 atom stereocenters. The number of urea groups is 1. The third-order valence-corrected chi connectivity index (χ3v) is 4.55. The Morgan fingerprint density at radius 1 is 1.21 bits per heavy atom. The topological polar surface area (TPSA) is 72.1 Å². The number of benzene rings is 1. The van der Waals surface area contributed by atoms with Crippen LogP contribution in [-0.2, 0) is 0 Å². The molecule has 0 aromatic heterocycles. The van der Waals surface area contributed by atoms with E-state index in [9.17, 15) is 18.0 Å². The zero-order valence-corrected chi connectivity index (χ0v) is 16.4. The lowest BCUT2D eigenvalue weighted by atomic mass is 10.1. The van der Waals surface area contributed by atoms with Gasteiger partial charge in [-0.05, 0) is 31.0 Å². The first-order valence-corrected chi connectivity index (χ1v) is 8.82. The Labute approximate surface area is 162 Å². The summed E-state index contributed by atoms with van der Waals surface area (Å²) in [7, 11) is 4.50. The number of hydrogen-bond acceptors (Lipinski definition) is 5. The van der Waals surface area contributed by atoms with Gasteiger partial charge in [-0.15, -0.1) is 0 Å². The summed E-state index contributed by atoms with van der Waals surface area (Å²) in [6.07, 6.45) is -3.76. The third-order valence-electron chi connectivity index (χ3n) is 4.55. The van der Waals surface area contributed by atoms with Gasteiger partial charge >= 0.3 is 12.2 Å². The molecule has 1 fully saturated rings. The Kier molecular flexibility index (Phi) is 7.22. The predicted octanol–water partition coefficient (Wildman–Crippen LogP) is 2.71. The summed E-state index contributed by atoms with van der Waals surface area (Å²) in [4.78, 5) is 13.5. The summed E-state index contributed by atoms with van der Waals surface area (Å²) in [5.74, 6) is 1.37. The summed E-state index contributed by atoms with van der Waals surface area (Å²) in [6, 6.07) is 2.30. The van der Waals surface area contributed by atoms with Crippen molar-refractivity contribution in [1.82, 2.24) is 15.5 Å². The van der Waals surface area contributed by atoms with Gasteiger partial charge in [0.25, 0.3) is 0 Å². The molecule has 7 nitrogen and oxygen atoms in total. The lowest BCUT2D eigenvalue weighted by Crippen LogP contribution is -2.44. The fourth-order valence-electron chi connectivity index (χ4n) is 3.21. The third kappa shape index (κ3) is 5.82. The van der Waals surface area contributed by atoms with Gasteiger partial charge < -0.3 is 24.8 Å². The van der Waals surface area contributed by atoms with E-state index in [1.165, 1.54) is 26.2 Å². The molecule has 1 aliphatic rings. The van der Waals surface area contributed by atoms with Crippen molar-refractivity contribution >= 4 is 6.03 Å². The van der Waals surface area contributed by atoms with Crippen LogP contribution in [-0.4, -0.2) is 64.1 Å². The molecule has 2 rings (SSSR count). The molecule has 158 valence electrons. The number of halogens is 3. The van der Waals surface area contributed by atoms with E-state index in [0.717, 1.165) is 5.56 Å². The summed E-state index contributed by atoms with van der Waals surface area (Å²) in [5.41, 5.74) is 0.731. The number of nitrogens with one attached hydrogen (secondary N) is 2. The molecule has 0 radical (unpaired) electrons. The molecule has 2 amide bonds. The number of amides is 2. The SMILES string of the molecule is COc1cc(C(C)NC(=O)NC2CCN(CC(F)(F)F)C2)cc(OC)c1OC. The minimum Gasteiger partial charge on any atom is -0.493 e. The molecule has 10 heteroatoms. The highest BCUT2D eigenvalue weighted by atomic mass is 19.4. The second-order valence-electron chi connectivity index (χ2n) is 6.63. The number of hydrogen-bond donors (Lipinski definition) is 2. The van der Waals surface area contributed by atoms with Crippen LogP contribution in [0.5, 0.6) is 17.2 Å². The quantitative estimate of drug-likeness (QED) is 0.730. The number of methoxy groups -OCH3 is 3. The highest BCUT2D eigenvalue weighted by Crippen LogP contribution is 2.39. The second-order valence-corrected chi connectivity index (χ2v) is 6.63. The first-order valence-electron chi connectivity index (χ1n) is 8.82. The molecule has 1 aliphatic heterocycles. The van der Waals surface area contributed by atoms with Gasteiger partial charge in [0.1, 0.15) is 0 Å². The number of carbonyl (C=O) groups is 1. The average molecular weight is 405 g/mol. The van der Waals surface area contributed by atoms with Gasteiger partial charge in [-0.1, -0.05) is 0 Å². The highest BCUT2D eigenvalue weighted by molar-refractivity contribution is 5.75. The number of rotatable bonds is 7. The molecule has 0 aliphatic carbocycles. The maximum absolute atomic E-state index is 12.5. The van der Waals surface area contributed by atoms with Crippen LogP contribution in [0.3, 0.4) is 0 Å². The Balaban J connectivity index is 1.96. The van der Waals surface area contributed by atoms with E-state index in [-0.39, 0.29) is 18.6 Å². The Hall–Kier alpha value is -2.36. The summed E-state index contributed by atoms with van der Waals surface area (Å²) < 4.78 is 53.3. The van der Waals surface area contributed by atoms with Crippen LogP contribution in [0.2, 0.25) is 0 Å². The van der Waals surface area contributed by atoms with Gasteiger partial charge in [-0.2, -0.15) is 13.2 Å². The molecule has 2 N–H and O–H groups in total. The van der Waals surface area contributed by atoms with Gasteiger partial charge in [0.05, 0.1) is 33.9 Å². The largest absolute Gasteiger partial charge is 0.493 e. The lowest BCUT2D eigenvalue weighted by Gasteiger charge is -2.21. The molecular formula is C18H26F3N3O4. The van der Waals surface area contributed by atoms with Gasteiger partial charge in [-0.25, -0.2) is 4.79 Å². The van der Waals surface area contributed by atoms with Crippen LogP contribution in [0, 0.1) is 0 Å². The lowest BCUT2D eigenvalue weighted by molar-refractivity contribution is -0.143. The van der Waals surface area contributed by atoms with Crippen LogP contribution in [0.1, 0.15) is 24.9 Å². The molecule has 1 saturated heterocycles. The first-order chi connectivity index (χ1) is 13.2. The van der Waals surface area contributed by atoms with Gasteiger partial charge in [0, 0.05) is 19.1 Å². The minimum absolute atomic E-state index is 0.172. The van der Waals surface area contributed by atoms with Crippen LogP contribution >= 0.6 is 0 Å². The van der Waals surface area contributed by atoms with Gasteiger partial charge in [0.2, 0.25) is 5.75 Å². The first kappa shape index (κ1) is 21.9. The number of likely N-dealkylation sites (tertiary alicyclic amines) is 1. The number of nitrogens with zero attached hydrogens (tertiary/aromatic N) is 1. The molecule has 2 unspecified atom stereocenters. The van der Waals surface area contributed by atoms with Crippen molar-refractivity contribution in [2.75, 3.05) is 41.0 Å². The van der Waals surface area contributed by atoms with Crippen molar-refractivity contribution in [2.45, 2.75) is 31.6 Å². The summed E-state index contributed by atoms with van der Waals surface area (Å²) in [6.45, 7) is 1.29. The maximum Gasteiger partial charge on any atom is 0.401 e. The normalized spacial score (nSPS) is 18.5.